The molecule has 0 radical (unpaired) electrons. The van der Waals surface area contributed by atoms with Crippen molar-refractivity contribution < 1.29 is 19.0 Å². The fourth-order valence-corrected chi connectivity index (χ4v) is 5.77. The lowest BCUT2D eigenvalue weighted by molar-refractivity contribution is -0.139. The molecule has 0 fully saturated rings. The second-order valence-electron chi connectivity index (χ2n) is 8.75. The normalized spacial score (nSPS) is 15.1. The van der Waals surface area contributed by atoms with Gasteiger partial charge in [0.1, 0.15) is 0 Å². The van der Waals surface area contributed by atoms with E-state index >= 15 is 0 Å². The summed E-state index contributed by atoms with van der Waals surface area (Å²) in [7, 11) is 5.50. The number of halogens is 1. The van der Waals surface area contributed by atoms with Crippen molar-refractivity contribution in [2.45, 2.75) is 26.8 Å². The van der Waals surface area contributed by atoms with Gasteiger partial charge in [-0.3, -0.25) is 9.36 Å². The number of hydrogen-bond acceptors (Lipinski definition) is 8. The number of fused-ring (bicyclic) bond motifs is 1. The number of anilines is 1. The molecule has 0 unspecified atom stereocenters. The molecule has 0 spiro atoms. The average molecular weight is 601 g/mol. The first-order valence-electron chi connectivity index (χ1n) is 12.2. The first kappa shape index (κ1) is 27.7. The zero-order valence-corrected chi connectivity index (χ0v) is 24.6. The van der Waals surface area contributed by atoms with Crippen LogP contribution in [0.15, 0.2) is 61.9 Å². The maximum Gasteiger partial charge on any atom is 0.338 e. The van der Waals surface area contributed by atoms with E-state index in [1.165, 1.54) is 11.3 Å². The van der Waals surface area contributed by atoms with Gasteiger partial charge < -0.3 is 19.1 Å². The van der Waals surface area contributed by atoms with Crippen molar-refractivity contribution >= 4 is 45.0 Å². The number of aromatic nitrogens is 1. The summed E-state index contributed by atoms with van der Waals surface area (Å²) in [5.41, 5.74) is 3.20. The number of esters is 1. The van der Waals surface area contributed by atoms with E-state index in [2.05, 4.69) is 20.9 Å². The lowest BCUT2D eigenvalue weighted by Gasteiger charge is -2.25. The molecule has 0 amide bonds. The highest BCUT2D eigenvalue weighted by Crippen LogP contribution is 2.34. The molecule has 2 aromatic carbocycles. The van der Waals surface area contributed by atoms with E-state index in [1.807, 2.05) is 62.3 Å². The van der Waals surface area contributed by atoms with Crippen LogP contribution in [-0.2, 0) is 9.53 Å². The number of ether oxygens (including phenoxy) is 3. The van der Waals surface area contributed by atoms with Gasteiger partial charge in [0.15, 0.2) is 16.3 Å². The van der Waals surface area contributed by atoms with Crippen molar-refractivity contribution in [1.29, 1.82) is 0 Å². The van der Waals surface area contributed by atoms with E-state index < -0.39 is 12.0 Å². The molecule has 0 saturated heterocycles. The minimum absolute atomic E-state index is 0.222. The van der Waals surface area contributed by atoms with Crippen LogP contribution in [0.5, 0.6) is 11.5 Å². The number of rotatable bonds is 8. The smallest absolute Gasteiger partial charge is 0.338 e. The Labute approximate surface area is 233 Å². The van der Waals surface area contributed by atoms with Crippen molar-refractivity contribution in [3.8, 4) is 11.5 Å². The van der Waals surface area contributed by atoms with Crippen LogP contribution in [0.2, 0.25) is 0 Å². The number of nitrogens with zero attached hydrogens (tertiary/aromatic N) is 3. The summed E-state index contributed by atoms with van der Waals surface area (Å²) >= 11 is 4.85. The zero-order valence-electron chi connectivity index (χ0n) is 22.2. The molecule has 0 aliphatic carbocycles. The van der Waals surface area contributed by atoms with Crippen molar-refractivity contribution in [2.75, 3.05) is 39.3 Å². The summed E-state index contributed by atoms with van der Waals surface area (Å²) < 4.78 is 19.3. The zero-order chi connectivity index (χ0) is 27.6. The van der Waals surface area contributed by atoms with Gasteiger partial charge in [0, 0.05) is 24.3 Å². The van der Waals surface area contributed by atoms with Crippen molar-refractivity contribution in [1.82, 2.24) is 4.57 Å². The average Bonchev–Trinajstić information content (AvgIpc) is 3.19. The number of benzene rings is 2. The van der Waals surface area contributed by atoms with Crippen molar-refractivity contribution in [2.24, 2.45) is 4.99 Å². The SMILES string of the molecule is CCOC(=O)C1=C(C)N=c2s/c(=C/c3cc(OCC)c(OC)cc3Br)c(=O)n2[C@@H]1c1ccc(N(C)C)cc1. The first-order chi connectivity index (χ1) is 18.2. The quantitative estimate of drug-likeness (QED) is 0.364. The largest absolute Gasteiger partial charge is 0.493 e. The monoisotopic (exact) mass is 599 g/mol. The van der Waals surface area contributed by atoms with Crippen LogP contribution in [0, 0.1) is 0 Å². The Morgan fingerprint density at radius 3 is 2.47 bits per heavy atom. The lowest BCUT2D eigenvalue weighted by atomic mass is 9.95. The molecule has 4 rings (SSSR count). The summed E-state index contributed by atoms with van der Waals surface area (Å²) in [6.45, 7) is 6.13. The van der Waals surface area contributed by atoms with Crippen molar-refractivity contribution in [3.05, 3.63) is 83.0 Å². The summed E-state index contributed by atoms with van der Waals surface area (Å²) in [4.78, 5) is 34.1. The summed E-state index contributed by atoms with van der Waals surface area (Å²) in [6, 6.07) is 10.8. The van der Waals surface area contributed by atoms with E-state index in [-0.39, 0.29) is 12.2 Å². The summed E-state index contributed by atoms with van der Waals surface area (Å²) in [5.74, 6) is 0.689. The van der Waals surface area contributed by atoms with E-state index in [9.17, 15) is 9.59 Å². The second kappa shape index (κ2) is 11.6. The third-order valence-corrected chi connectivity index (χ3v) is 7.78. The minimum atomic E-state index is -0.665. The van der Waals surface area contributed by atoms with Crippen LogP contribution >= 0.6 is 27.3 Å². The Hall–Kier alpha value is -3.37. The highest BCUT2D eigenvalue weighted by molar-refractivity contribution is 9.10. The van der Waals surface area contributed by atoms with Crippen LogP contribution in [0.3, 0.4) is 0 Å². The van der Waals surface area contributed by atoms with Crippen LogP contribution in [-0.4, -0.2) is 45.0 Å². The van der Waals surface area contributed by atoms with Gasteiger partial charge in [-0.15, -0.1) is 0 Å². The molecule has 0 saturated carbocycles. The van der Waals surface area contributed by atoms with Crippen LogP contribution in [0.25, 0.3) is 6.08 Å². The molecular weight excluding hydrogens is 570 g/mol. The molecule has 8 nitrogen and oxygen atoms in total. The molecule has 1 aliphatic heterocycles. The molecule has 0 N–H and O–H groups in total. The van der Waals surface area contributed by atoms with Gasteiger partial charge in [0.05, 0.1) is 42.2 Å². The fraction of sp³-hybridized carbons (Fsp3) is 0.321. The van der Waals surface area contributed by atoms with Gasteiger partial charge in [-0.25, -0.2) is 9.79 Å². The number of allylic oxidation sites excluding steroid dienone is 1. The molecule has 10 heteroatoms. The summed E-state index contributed by atoms with van der Waals surface area (Å²) in [5, 5.41) is 0. The van der Waals surface area contributed by atoms with Gasteiger partial charge >= 0.3 is 5.97 Å². The number of hydrogen-bond donors (Lipinski definition) is 0. The van der Waals surface area contributed by atoms with Crippen LogP contribution < -0.4 is 29.3 Å². The molecule has 0 bridgehead atoms. The van der Waals surface area contributed by atoms with Crippen LogP contribution in [0.4, 0.5) is 5.69 Å². The minimum Gasteiger partial charge on any atom is -0.493 e. The van der Waals surface area contributed by atoms with Crippen LogP contribution in [0.1, 0.15) is 37.9 Å². The number of methoxy groups -OCH3 is 1. The molecular formula is C28H30BrN3O5S. The number of carbonyl (C=O) groups is 1. The second-order valence-corrected chi connectivity index (χ2v) is 10.6. The van der Waals surface area contributed by atoms with Gasteiger partial charge in [0.2, 0.25) is 0 Å². The summed E-state index contributed by atoms with van der Waals surface area (Å²) in [6.07, 6.45) is 1.80. The molecule has 3 aromatic rings. The molecule has 1 atom stereocenters. The number of carbonyl (C=O) groups excluding carboxylic acids is 1. The molecule has 1 aliphatic rings. The predicted molar refractivity (Wildman–Crippen MR) is 153 cm³/mol. The Bertz CT molecular complexity index is 1570. The van der Waals surface area contributed by atoms with E-state index in [0.717, 1.165) is 21.3 Å². The molecule has 200 valence electrons. The lowest BCUT2D eigenvalue weighted by Crippen LogP contribution is -2.40. The van der Waals surface area contributed by atoms with Gasteiger partial charge in [-0.2, -0.15) is 0 Å². The molecule has 1 aromatic heterocycles. The standard InChI is InChI=1S/C28H30BrN3O5S/c1-7-36-22-13-18(20(29)15-21(22)35-6)14-23-26(33)32-25(17-9-11-19(12-10-17)31(4)5)24(27(34)37-8-2)16(3)30-28(32)38-23/h9-15,25H,7-8H2,1-6H3/b23-14+/t25-/m1/s1. The van der Waals surface area contributed by atoms with E-state index in [4.69, 9.17) is 14.2 Å². The number of thiazole rings is 1. The Kier molecular flexibility index (Phi) is 8.42. The topological polar surface area (TPSA) is 82.4 Å². The van der Waals surface area contributed by atoms with Gasteiger partial charge in [-0.1, -0.05) is 39.4 Å². The Balaban J connectivity index is 1.93. The maximum absolute atomic E-state index is 13.9. The highest BCUT2D eigenvalue weighted by atomic mass is 79.9. The Morgan fingerprint density at radius 2 is 1.87 bits per heavy atom. The predicted octanol–water partition coefficient (Wildman–Crippen LogP) is 4.03. The maximum atomic E-state index is 13.9. The fourth-order valence-electron chi connectivity index (χ4n) is 4.29. The van der Waals surface area contributed by atoms with Crippen molar-refractivity contribution in [3.63, 3.8) is 0 Å². The third kappa shape index (κ3) is 5.28. The van der Waals surface area contributed by atoms with E-state index in [0.29, 0.717) is 38.7 Å². The molecule has 38 heavy (non-hydrogen) atoms. The molecule has 2 heterocycles. The van der Waals surface area contributed by atoms with Gasteiger partial charge in [0.25, 0.3) is 5.56 Å². The Morgan fingerprint density at radius 1 is 1.16 bits per heavy atom. The highest BCUT2D eigenvalue weighted by Gasteiger charge is 2.33. The van der Waals surface area contributed by atoms with E-state index in [1.54, 1.807) is 31.6 Å². The van der Waals surface area contributed by atoms with Gasteiger partial charge in [-0.05, 0) is 62.2 Å². The first-order valence-corrected chi connectivity index (χ1v) is 13.8. The third-order valence-electron chi connectivity index (χ3n) is 6.11.